The number of aliphatic hydroxyl groups is 1. The second-order valence-corrected chi connectivity index (χ2v) is 5.33. The normalized spacial score (nSPS) is 17.5. The fraction of sp³-hybridized carbons (Fsp3) is 0.562. The standard InChI is InChI=1S/C16H22O4/c1-2-19-15-10-13(11-17)6-7-14(15)20-12-16(18)8-4-3-5-9-16/h6-7,10-11,18H,2-5,8-9,12H2,1H3. The molecular weight excluding hydrogens is 256 g/mol. The van der Waals surface area contributed by atoms with Crippen molar-refractivity contribution in [1.29, 1.82) is 0 Å². The zero-order chi connectivity index (χ0) is 14.4. The highest BCUT2D eigenvalue weighted by Gasteiger charge is 2.30. The van der Waals surface area contributed by atoms with E-state index in [0.717, 1.165) is 32.0 Å². The van der Waals surface area contributed by atoms with E-state index in [2.05, 4.69) is 0 Å². The fourth-order valence-corrected chi connectivity index (χ4v) is 2.55. The summed E-state index contributed by atoms with van der Waals surface area (Å²) in [7, 11) is 0. The third kappa shape index (κ3) is 3.73. The molecule has 4 nitrogen and oxygen atoms in total. The lowest BCUT2D eigenvalue weighted by Crippen LogP contribution is -2.37. The van der Waals surface area contributed by atoms with E-state index >= 15 is 0 Å². The second kappa shape index (κ2) is 6.75. The molecule has 1 aliphatic carbocycles. The van der Waals surface area contributed by atoms with Gasteiger partial charge in [-0.25, -0.2) is 0 Å². The molecular formula is C16H22O4. The summed E-state index contributed by atoms with van der Waals surface area (Å²) in [4.78, 5) is 10.8. The summed E-state index contributed by atoms with van der Waals surface area (Å²) in [5, 5.41) is 10.4. The van der Waals surface area contributed by atoms with E-state index in [-0.39, 0.29) is 6.61 Å². The number of hydrogen-bond donors (Lipinski definition) is 1. The summed E-state index contributed by atoms with van der Waals surface area (Å²) in [6.45, 7) is 2.66. The molecule has 1 saturated carbocycles. The maximum atomic E-state index is 10.8. The summed E-state index contributed by atoms with van der Waals surface area (Å²) in [5.74, 6) is 1.13. The first-order valence-electron chi connectivity index (χ1n) is 7.24. The van der Waals surface area contributed by atoms with Crippen LogP contribution in [0.5, 0.6) is 11.5 Å². The highest BCUT2D eigenvalue weighted by atomic mass is 16.5. The van der Waals surface area contributed by atoms with Crippen molar-refractivity contribution in [2.24, 2.45) is 0 Å². The van der Waals surface area contributed by atoms with Gasteiger partial charge in [0.1, 0.15) is 12.9 Å². The Hall–Kier alpha value is -1.55. The number of ether oxygens (including phenoxy) is 2. The third-order valence-electron chi connectivity index (χ3n) is 3.68. The lowest BCUT2D eigenvalue weighted by Gasteiger charge is -2.31. The van der Waals surface area contributed by atoms with Crippen molar-refractivity contribution in [3.05, 3.63) is 23.8 Å². The van der Waals surface area contributed by atoms with E-state index in [4.69, 9.17) is 9.47 Å². The molecule has 0 saturated heterocycles. The molecule has 1 fully saturated rings. The zero-order valence-electron chi connectivity index (χ0n) is 11.9. The van der Waals surface area contributed by atoms with Crippen LogP contribution >= 0.6 is 0 Å². The van der Waals surface area contributed by atoms with Gasteiger partial charge in [0, 0.05) is 5.56 Å². The average molecular weight is 278 g/mol. The van der Waals surface area contributed by atoms with E-state index < -0.39 is 5.60 Å². The smallest absolute Gasteiger partial charge is 0.161 e. The Labute approximate surface area is 119 Å². The van der Waals surface area contributed by atoms with E-state index in [0.29, 0.717) is 23.7 Å². The van der Waals surface area contributed by atoms with Crippen molar-refractivity contribution >= 4 is 6.29 Å². The highest BCUT2D eigenvalue weighted by molar-refractivity contribution is 5.76. The number of benzene rings is 1. The monoisotopic (exact) mass is 278 g/mol. The lowest BCUT2D eigenvalue weighted by molar-refractivity contribution is -0.0344. The van der Waals surface area contributed by atoms with Crippen LogP contribution in [-0.4, -0.2) is 30.2 Å². The molecule has 2 rings (SSSR count). The summed E-state index contributed by atoms with van der Waals surface area (Å²) >= 11 is 0. The van der Waals surface area contributed by atoms with E-state index in [1.165, 1.54) is 6.42 Å². The SMILES string of the molecule is CCOc1cc(C=O)ccc1OCC1(O)CCCCC1. The van der Waals surface area contributed by atoms with Crippen LogP contribution in [0.4, 0.5) is 0 Å². The van der Waals surface area contributed by atoms with E-state index in [9.17, 15) is 9.90 Å². The van der Waals surface area contributed by atoms with Crippen molar-refractivity contribution in [2.45, 2.75) is 44.6 Å². The maximum Gasteiger partial charge on any atom is 0.161 e. The summed E-state index contributed by atoms with van der Waals surface area (Å²) < 4.78 is 11.2. The van der Waals surface area contributed by atoms with Crippen molar-refractivity contribution in [3.63, 3.8) is 0 Å². The van der Waals surface area contributed by atoms with Gasteiger partial charge in [-0.15, -0.1) is 0 Å². The van der Waals surface area contributed by atoms with Crippen molar-refractivity contribution in [3.8, 4) is 11.5 Å². The number of aldehydes is 1. The van der Waals surface area contributed by atoms with Gasteiger partial charge in [0.25, 0.3) is 0 Å². The number of hydrogen-bond acceptors (Lipinski definition) is 4. The van der Waals surface area contributed by atoms with Crippen molar-refractivity contribution in [2.75, 3.05) is 13.2 Å². The fourth-order valence-electron chi connectivity index (χ4n) is 2.55. The maximum absolute atomic E-state index is 10.8. The summed E-state index contributed by atoms with van der Waals surface area (Å²) in [6, 6.07) is 5.08. The van der Waals surface area contributed by atoms with Crippen molar-refractivity contribution in [1.82, 2.24) is 0 Å². The van der Waals surface area contributed by atoms with Gasteiger partial charge in [0.15, 0.2) is 11.5 Å². The molecule has 0 heterocycles. The van der Waals surface area contributed by atoms with E-state index in [1.54, 1.807) is 18.2 Å². The Morgan fingerprint density at radius 1 is 1.20 bits per heavy atom. The number of carbonyl (C=O) groups excluding carboxylic acids is 1. The first-order chi connectivity index (χ1) is 9.67. The van der Waals surface area contributed by atoms with Gasteiger partial charge >= 0.3 is 0 Å². The largest absolute Gasteiger partial charge is 0.490 e. The molecule has 0 amide bonds. The first kappa shape index (κ1) is 14.9. The minimum atomic E-state index is -0.731. The molecule has 0 radical (unpaired) electrons. The Kier molecular flexibility index (Phi) is 5.01. The molecule has 110 valence electrons. The van der Waals surface area contributed by atoms with Crippen LogP contribution in [0.25, 0.3) is 0 Å². The Morgan fingerprint density at radius 2 is 1.95 bits per heavy atom. The molecule has 0 spiro atoms. The third-order valence-corrected chi connectivity index (χ3v) is 3.68. The van der Waals surface area contributed by atoms with Gasteiger partial charge in [-0.05, 0) is 38.0 Å². The average Bonchev–Trinajstić information content (AvgIpc) is 2.47. The van der Waals surface area contributed by atoms with Crippen LogP contribution < -0.4 is 9.47 Å². The van der Waals surface area contributed by atoms with Crippen LogP contribution in [0.1, 0.15) is 49.4 Å². The van der Waals surface area contributed by atoms with Gasteiger partial charge in [0.2, 0.25) is 0 Å². The van der Waals surface area contributed by atoms with Gasteiger partial charge in [-0.1, -0.05) is 19.3 Å². The minimum Gasteiger partial charge on any atom is -0.490 e. The molecule has 1 aromatic carbocycles. The quantitative estimate of drug-likeness (QED) is 0.813. The molecule has 0 aromatic heterocycles. The molecule has 1 aromatic rings. The van der Waals surface area contributed by atoms with Crippen LogP contribution in [0.15, 0.2) is 18.2 Å². The molecule has 4 heteroatoms. The summed E-state index contributed by atoms with van der Waals surface area (Å²) in [5.41, 5.74) is -0.178. The van der Waals surface area contributed by atoms with Crippen molar-refractivity contribution < 1.29 is 19.4 Å². The molecule has 1 aliphatic rings. The summed E-state index contributed by atoms with van der Waals surface area (Å²) in [6.07, 6.45) is 5.61. The molecule has 0 unspecified atom stereocenters. The van der Waals surface area contributed by atoms with Gasteiger partial charge in [-0.2, -0.15) is 0 Å². The van der Waals surface area contributed by atoms with E-state index in [1.807, 2.05) is 6.92 Å². The molecule has 1 N–H and O–H groups in total. The minimum absolute atomic E-state index is 0.271. The lowest BCUT2D eigenvalue weighted by atomic mass is 9.85. The van der Waals surface area contributed by atoms with Gasteiger partial charge in [0.05, 0.1) is 12.2 Å². The molecule has 0 aliphatic heterocycles. The zero-order valence-corrected chi connectivity index (χ0v) is 11.9. The van der Waals surface area contributed by atoms with Crippen LogP contribution in [0, 0.1) is 0 Å². The van der Waals surface area contributed by atoms with Crippen LogP contribution in [0.3, 0.4) is 0 Å². The topological polar surface area (TPSA) is 55.8 Å². The van der Waals surface area contributed by atoms with Gasteiger partial charge < -0.3 is 14.6 Å². The number of rotatable bonds is 6. The Balaban J connectivity index is 2.05. The second-order valence-electron chi connectivity index (χ2n) is 5.33. The van der Waals surface area contributed by atoms with Crippen LogP contribution in [-0.2, 0) is 0 Å². The molecule has 0 atom stereocenters. The van der Waals surface area contributed by atoms with Gasteiger partial charge in [-0.3, -0.25) is 4.79 Å². The predicted molar refractivity (Wildman–Crippen MR) is 76.5 cm³/mol. The number of carbonyl (C=O) groups is 1. The predicted octanol–water partition coefficient (Wildman–Crippen LogP) is 2.97. The molecule has 0 bridgehead atoms. The van der Waals surface area contributed by atoms with Crippen LogP contribution in [0.2, 0.25) is 0 Å². The highest BCUT2D eigenvalue weighted by Crippen LogP contribution is 2.32. The first-order valence-corrected chi connectivity index (χ1v) is 7.24. The Morgan fingerprint density at radius 3 is 2.60 bits per heavy atom. The Bertz CT molecular complexity index is 450. The molecule has 20 heavy (non-hydrogen) atoms.